The number of nitrogens with one attached hydrogen (secondary N) is 1. The van der Waals surface area contributed by atoms with Gasteiger partial charge in [-0.05, 0) is 51.8 Å². The molecule has 2 aromatic carbocycles. The number of nitrogens with zero attached hydrogens (tertiary/aromatic N) is 3. The summed E-state index contributed by atoms with van der Waals surface area (Å²) in [6, 6.07) is 18.7. The van der Waals surface area contributed by atoms with Gasteiger partial charge >= 0.3 is 11.8 Å². The fraction of sp³-hybridized carbons (Fsp3) is 0.276. The molecular weight excluding hydrogens is 500 g/mol. The molecule has 4 aromatic rings. The lowest BCUT2D eigenvalue weighted by atomic mass is 10.0. The number of aryl methyl sites for hydroxylation is 1. The number of amides is 1. The molecule has 0 saturated carbocycles. The lowest BCUT2D eigenvalue weighted by molar-refractivity contribution is 0.0501. The summed E-state index contributed by atoms with van der Waals surface area (Å²) < 4.78 is 12.8. The Balaban J connectivity index is 1.63. The number of hydrogen-bond donors (Lipinski definition) is 1. The van der Waals surface area contributed by atoms with Gasteiger partial charge in [-0.3, -0.25) is 14.2 Å². The average Bonchev–Trinajstić information content (AvgIpc) is 3.35. The van der Waals surface area contributed by atoms with E-state index in [4.69, 9.17) is 9.26 Å². The normalized spacial score (nSPS) is 12.1. The summed E-state index contributed by atoms with van der Waals surface area (Å²) >= 11 is 0. The Morgan fingerprint density at radius 3 is 2.31 bits per heavy atom. The van der Waals surface area contributed by atoms with Gasteiger partial charge < -0.3 is 14.6 Å². The number of rotatable bonds is 7. The molecule has 202 valence electrons. The van der Waals surface area contributed by atoms with Gasteiger partial charge in [0.15, 0.2) is 5.76 Å². The summed E-state index contributed by atoms with van der Waals surface area (Å²) in [5.74, 6) is -0.418. The molecule has 2 aromatic heterocycles. The van der Waals surface area contributed by atoms with E-state index in [2.05, 4.69) is 10.5 Å². The summed E-state index contributed by atoms with van der Waals surface area (Å²) in [4.78, 5) is 51.4. The molecule has 1 atom stereocenters. The van der Waals surface area contributed by atoms with E-state index in [1.165, 1.54) is 29.8 Å². The molecule has 0 bridgehead atoms. The fourth-order valence-corrected chi connectivity index (χ4v) is 4.00. The minimum absolute atomic E-state index is 0.0838. The number of benzene rings is 2. The van der Waals surface area contributed by atoms with Crippen molar-refractivity contribution in [1.29, 1.82) is 0 Å². The van der Waals surface area contributed by atoms with Crippen molar-refractivity contribution >= 4 is 12.0 Å². The monoisotopic (exact) mass is 530 g/mol. The lowest BCUT2D eigenvalue weighted by Gasteiger charge is -2.22. The molecule has 39 heavy (non-hydrogen) atoms. The van der Waals surface area contributed by atoms with E-state index in [1.54, 1.807) is 45.0 Å². The van der Waals surface area contributed by atoms with Crippen LogP contribution in [0.4, 0.5) is 4.79 Å². The third-order valence-electron chi connectivity index (χ3n) is 5.78. The highest BCUT2D eigenvalue weighted by atomic mass is 16.6. The summed E-state index contributed by atoms with van der Waals surface area (Å²) in [5.41, 5.74) is -0.354. The number of aromatic nitrogens is 3. The van der Waals surface area contributed by atoms with Crippen molar-refractivity contribution in [3.05, 3.63) is 122 Å². The first-order valence-electron chi connectivity index (χ1n) is 12.4. The second kappa shape index (κ2) is 11.3. The van der Waals surface area contributed by atoms with Gasteiger partial charge in [-0.2, -0.15) is 4.57 Å². The summed E-state index contributed by atoms with van der Waals surface area (Å²) in [5, 5.41) is 6.98. The standard InChI is InChI=1S/C29H30N4O6/c1-19-17-32(28(37)33(25(19)34)26(35)21-13-9-6-10-14-21)18-22-16-24(31-39-22)23(15-20-11-7-5-8-12-20)30-27(36)38-29(2,3)4/h5-14,16-17,23H,15,18H2,1-4H3,(H,30,36)/t23-/m1/s1. The number of hydrogen-bond acceptors (Lipinski definition) is 7. The molecule has 0 spiro atoms. The minimum atomic E-state index is -0.801. The van der Waals surface area contributed by atoms with Gasteiger partial charge in [-0.25, -0.2) is 9.59 Å². The SMILES string of the molecule is Cc1cn(Cc2cc([C@@H](Cc3ccccc3)NC(=O)OC(C)(C)C)no2)c(=O)n(C(=O)c2ccccc2)c1=O. The van der Waals surface area contributed by atoms with Crippen LogP contribution in [0.5, 0.6) is 0 Å². The van der Waals surface area contributed by atoms with Crippen molar-refractivity contribution < 1.29 is 18.8 Å². The molecule has 10 nitrogen and oxygen atoms in total. The first-order valence-corrected chi connectivity index (χ1v) is 12.4. The van der Waals surface area contributed by atoms with E-state index in [-0.39, 0.29) is 17.7 Å². The van der Waals surface area contributed by atoms with Crippen LogP contribution in [-0.2, 0) is 17.7 Å². The van der Waals surface area contributed by atoms with Crippen LogP contribution < -0.4 is 16.6 Å². The Morgan fingerprint density at radius 1 is 1.03 bits per heavy atom. The molecule has 0 saturated heterocycles. The van der Waals surface area contributed by atoms with Crippen LogP contribution in [0, 0.1) is 6.92 Å². The highest BCUT2D eigenvalue weighted by Gasteiger charge is 2.24. The predicted molar refractivity (Wildman–Crippen MR) is 144 cm³/mol. The topological polar surface area (TPSA) is 125 Å². The van der Waals surface area contributed by atoms with E-state index >= 15 is 0 Å². The van der Waals surface area contributed by atoms with Crippen LogP contribution >= 0.6 is 0 Å². The van der Waals surface area contributed by atoms with Crippen LogP contribution in [0.3, 0.4) is 0 Å². The zero-order chi connectivity index (χ0) is 28.2. The van der Waals surface area contributed by atoms with Gasteiger partial charge in [0, 0.05) is 23.4 Å². The molecule has 1 N–H and O–H groups in total. The van der Waals surface area contributed by atoms with Gasteiger partial charge in [0.2, 0.25) is 0 Å². The summed E-state index contributed by atoms with van der Waals surface area (Å²) in [6.45, 7) is 6.76. The van der Waals surface area contributed by atoms with Crippen LogP contribution in [0.15, 0.2) is 87.0 Å². The van der Waals surface area contributed by atoms with E-state index < -0.39 is 34.9 Å². The Morgan fingerprint density at radius 2 is 1.67 bits per heavy atom. The average molecular weight is 531 g/mol. The van der Waals surface area contributed by atoms with Gasteiger partial charge in [0.05, 0.1) is 12.6 Å². The zero-order valence-corrected chi connectivity index (χ0v) is 22.2. The molecule has 0 aliphatic carbocycles. The Bertz CT molecular complexity index is 1580. The third-order valence-corrected chi connectivity index (χ3v) is 5.78. The molecule has 2 heterocycles. The smallest absolute Gasteiger partial charge is 0.408 e. The minimum Gasteiger partial charge on any atom is -0.444 e. The number of ether oxygens (including phenoxy) is 1. The maximum atomic E-state index is 13.2. The molecule has 4 rings (SSSR count). The van der Waals surface area contributed by atoms with Gasteiger partial charge in [-0.1, -0.05) is 53.7 Å². The van der Waals surface area contributed by atoms with E-state index in [0.29, 0.717) is 22.4 Å². The van der Waals surface area contributed by atoms with Crippen molar-refractivity contribution in [2.45, 2.75) is 52.3 Å². The maximum absolute atomic E-state index is 13.2. The van der Waals surface area contributed by atoms with Crippen molar-refractivity contribution in [2.75, 3.05) is 0 Å². The molecule has 10 heteroatoms. The lowest BCUT2D eigenvalue weighted by Crippen LogP contribution is -2.44. The number of alkyl carbamates (subject to hydrolysis) is 1. The van der Waals surface area contributed by atoms with E-state index in [9.17, 15) is 19.2 Å². The van der Waals surface area contributed by atoms with Crippen molar-refractivity contribution in [2.24, 2.45) is 0 Å². The molecule has 0 unspecified atom stereocenters. The Kier molecular flexibility index (Phi) is 7.94. The van der Waals surface area contributed by atoms with E-state index in [1.807, 2.05) is 30.3 Å². The van der Waals surface area contributed by atoms with Crippen molar-refractivity contribution in [3.8, 4) is 0 Å². The van der Waals surface area contributed by atoms with Gasteiger partial charge in [0.1, 0.15) is 11.3 Å². The zero-order valence-electron chi connectivity index (χ0n) is 22.2. The van der Waals surface area contributed by atoms with Gasteiger partial charge in [0.25, 0.3) is 11.5 Å². The predicted octanol–water partition coefficient (Wildman–Crippen LogP) is 3.85. The highest BCUT2D eigenvalue weighted by molar-refractivity contribution is 5.95. The van der Waals surface area contributed by atoms with Crippen LogP contribution in [-0.4, -0.2) is 31.9 Å². The summed E-state index contributed by atoms with van der Waals surface area (Å²) in [6.07, 6.45) is 1.19. The quantitative estimate of drug-likeness (QED) is 0.385. The largest absolute Gasteiger partial charge is 0.444 e. The van der Waals surface area contributed by atoms with Crippen LogP contribution in [0.1, 0.15) is 59.8 Å². The molecule has 0 radical (unpaired) electrons. The van der Waals surface area contributed by atoms with E-state index in [0.717, 1.165) is 5.56 Å². The molecule has 0 aliphatic rings. The molecular formula is C29H30N4O6. The first-order chi connectivity index (χ1) is 18.5. The summed E-state index contributed by atoms with van der Waals surface area (Å²) in [7, 11) is 0. The molecule has 1 amide bonds. The molecule has 0 fully saturated rings. The second-order valence-corrected chi connectivity index (χ2v) is 10.1. The second-order valence-electron chi connectivity index (χ2n) is 10.1. The first kappa shape index (κ1) is 27.3. The van der Waals surface area contributed by atoms with Gasteiger partial charge in [-0.15, -0.1) is 0 Å². The maximum Gasteiger partial charge on any atom is 0.408 e. The number of carbonyl (C=O) groups excluding carboxylic acids is 2. The third kappa shape index (κ3) is 6.78. The van der Waals surface area contributed by atoms with Crippen LogP contribution in [0.2, 0.25) is 0 Å². The van der Waals surface area contributed by atoms with Crippen molar-refractivity contribution in [3.63, 3.8) is 0 Å². The highest BCUT2D eigenvalue weighted by Crippen LogP contribution is 2.20. The Labute approximate surface area is 224 Å². The number of carbonyl (C=O) groups is 2. The molecule has 0 aliphatic heterocycles. The van der Waals surface area contributed by atoms with Crippen molar-refractivity contribution in [1.82, 2.24) is 19.6 Å². The Hall–Kier alpha value is -4.73. The fourth-order valence-electron chi connectivity index (χ4n) is 4.00. The van der Waals surface area contributed by atoms with Crippen LogP contribution in [0.25, 0.3) is 0 Å².